The molecule has 2 aromatic carbocycles. The summed E-state index contributed by atoms with van der Waals surface area (Å²) in [6.45, 7) is -0.383. The minimum atomic E-state index is -4.67. The lowest BCUT2D eigenvalue weighted by Gasteiger charge is -2.16. The third-order valence-corrected chi connectivity index (χ3v) is 2.92. The van der Waals surface area contributed by atoms with Gasteiger partial charge in [-0.2, -0.15) is 13.2 Å². The predicted molar refractivity (Wildman–Crippen MR) is 82.1 cm³/mol. The van der Waals surface area contributed by atoms with Crippen molar-refractivity contribution in [3.05, 3.63) is 54.1 Å². The number of benzene rings is 2. The summed E-state index contributed by atoms with van der Waals surface area (Å²) in [6, 6.07) is 10.8. The van der Waals surface area contributed by atoms with Gasteiger partial charge in [0.2, 0.25) is 0 Å². The number of para-hydroxylation sites is 1. The van der Waals surface area contributed by atoms with Crippen molar-refractivity contribution in [2.24, 2.45) is 0 Å². The molecule has 0 aromatic heterocycles. The van der Waals surface area contributed by atoms with Crippen LogP contribution >= 0.6 is 0 Å². The van der Waals surface area contributed by atoms with Gasteiger partial charge in [0.25, 0.3) is 0 Å². The van der Waals surface area contributed by atoms with Crippen LogP contribution in [0.4, 0.5) is 23.7 Å². The first-order valence-corrected chi connectivity index (χ1v) is 7.00. The standard InChI is InChI=1S/C16H15F3N2O3/c17-16(18,19)13-10-12(24-11-4-2-1-3-5-11)6-7-14(13)21-15(23)20-8-9-22/h1-7,10,22H,8-9H2,(H2,20,21,23). The topological polar surface area (TPSA) is 70.6 Å². The molecule has 0 saturated carbocycles. The summed E-state index contributed by atoms with van der Waals surface area (Å²) in [5.74, 6) is 0.391. The van der Waals surface area contributed by atoms with Crippen LogP contribution in [0.3, 0.4) is 0 Å². The largest absolute Gasteiger partial charge is 0.457 e. The van der Waals surface area contributed by atoms with E-state index in [1.165, 1.54) is 6.07 Å². The van der Waals surface area contributed by atoms with E-state index in [2.05, 4.69) is 10.6 Å². The minimum absolute atomic E-state index is 0.00478. The van der Waals surface area contributed by atoms with Crippen molar-refractivity contribution < 1.29 is 27.8 Å². The first-order valence-electron chi connectivity index (χ1n) is 7.00. The molecule has 3 N–H and O–H groups in total. The molecule has 2 rings (SSSR count). The molecule has 0 radical (unpaired) electrons. The van der Waals surface area contributed by atoms with Crippen LogP contribution in [0.15, 0.2) is 48.5 Å². The molecule has 0 heterocycles. The SMILES string of the molecule is O=C(NCCO)Nc1ccc(Oc2ccccc2)cc1C(F)(F)F. The van der Waals surface area contributed by atoms with Gasteiger partial charge < -0.3 is 20.5 Å². The lowest BCUT2D eigenvalue weighted by Crippen LogP contribution is -2.31. The molecule has 0 aliphatic carbocycles. The van der Waals surface area contributed by atoms with Crippen molar-refractivity contribution in [1.82, 2.24) is 5.32 Å². The maximum Gasteiger partial charge on any atom is 0.418 e. The third kappa shape index (κ3) is 4.88. The van der Waals surface area contributed by atoms with Gasteiger partial charge in [0, 0.05) is 6.54 Å². The zero-order valence-corrected chi connectivity index (χ0v) is 12.4. The van der Waals surface area contributed by atoms with E-state index in [0.717, 1.165) is 12.1 Å². The van der Waals surface area contributed by atoms with E-state index in [1.54, 1.807) is 30.3 Å². The number of carbonyl (C=O) groups excluding carboxylic acids is 1. The average Bonchev–Trinajstić information content (AvgIpc) is 2.54. The highest BCUT2D eigenvalue weighted by Crippen LogP contribution is 2.38. The number of hydrogen-bond acceptors (Lipinski definition) is 3. The van der Waals surface area contributed by atoms with E-state index >= 15 is 0 Å². The number of aliphatic hydroxyl groups is 1. The fraction of sp³-hybridized carbons (Fsp3) is 0.188. The molecule has 8 heteroatoms. The molecule has 2 aromatic rings. The zero-order chi connectivity index (χ0) is 17.6. The van der Waals surface area contributed by atoms with Crippen LogP contribution in [-0.4, -0.2) is 24.3 Å². The number of alkyl halides is 3. The molecular formula is C16H15F3N2O3. The van der Waals surface area contributed by atoms with Crippen LogP contribution in [0.2, 0.25) is 0 Å². The van der Waals surface area contributed by atoms with Crippen molar-refractivity contribution in [3.63, 3.8) is 0 Å². The summed E-state index contributed by atoms with van der Waals surface area (Å²) >= 11 is 0. The van der Waals surface area contributed by atoms with Gasteiger partial charge in [-0.25, -0.2) is 4.79 Å². The van der Waals surface area contributed by atoms with Crippen LogP contribution in [0.1, 0.15) is 5.56 Å². The Morgan fingerprint density at radius 2 is 1.79 bits per heavy atom. The molecule has 0 fully saturated rings. The van der Waals surface area contributed by atoms with Gasteiger partial charge in [0.15, 0.2) is 0 Å². The van der Waals surface area contributed by atoms with Gasteiger partial charge in [0.05, 0.1) is 17.9 Å². The van der Waals surface area contributed by atoms with Crippen molar-refractivity contribution in [2.75, 3.05) is 18.5 Å². The molecule has 2 amide bonds. The van der Waals surface area contributed by atoms with Crippen LogP contribution in [0.25, 0.3) is 0 Å². The first-order chi connectivity index (χ1) is 11.4. The average molecular weight is 340 g/mol. The van der Waals surface area contributed by atoms with E-state index < -0.39 is 23.5 Å². The Morgan fingerprint density at radius 3 is 2.42 bits per heavy atom. The Hall–Kier alpha value is -2.74. The van der Waals surface area contributed by atoms with E-state index in [0.29, 0.717) is 5.75 Å². The summed E-state index contributed by atoms with van der Waals surface area (Å²) in [7, 11) is 0. The maximum atomic E-state index is 13.2. The van der Waals surface area contributed by atoms with Gasteiger partial charge >= 0.3 is 12.2 Å². The number of rotatable bonds is 5. The number of urea groups is 1. The second-order valence-electron chi connectivity index (χ2n) is 4.72. The predicted octanol–water partition coefficient (Wildman–Crippen LogP) is 3.61. The number of halogens is 3. The molecule has 5 nitrogen and oxygen atoms in total. The lowest BCUT2D eigenvalue weighted by molar-refractivity contribution is -0.137. The molecule has 24 heavy (non-hydrogen) atoms. The summed E-state index contributed by atoms with van der Waals surface area (Å²) in [5.41, 5.74) is -1.44. The molecule has 128 valence electrons. The van der Waals surface area contributed by atoms with E-state index in [9.17, 15) is 18.0 Å². The molecule has 0 bridgehead atoms. The summed E-state index contributed by atoms with van der Waals surface area (Å²) in [5, 5.41) is 12.9. The van der Waals surface area contributed by atoms with Crippen LogP contribution in [0.5, 0.6) is 11.5 Å². The van der Waals surface area contributed by atoms with Crippen molar-refractivity contribution in [1.29, 1.82) is 0 Å². The van der Waals surface area contributed by atoms with Crippen molar-refractivity contribution >= 4 is 11.7 Å². The Bertz CT molecular complexity index is 691. The summed E-state index contributed by atoms with van der Waals surface area (Å²) in [6.07, 6.45) is -4.67. The second kappa shape index (κ2) is 7.69. The van der Waals surface area contributed by atoms with Gasteiger partial charge in [-0.3, -0.25) is 0 Å². The third-order valence-electron chi connectivity index (χ3n) is 2.92. The van der Waals surface area contributed by atoms with Crippen LogP contribution in [-0.2, 0) is 6.18 Å². The van der Waals surface area contributed by atoms with Crippen LogP contribution < -0.4 is 15.4 Å². The Kier molecular flexibility index (Phi) is 5.64. The number of hydrogen-bond donors (Lipinski definition) is 3. The first kappa shape index (κ1) is 17.6. The summed E-state index contributed by atoms with van der Waals surface area (Å²) in [4.78, 5) is 11.5. The molecule has 0 saturated heterocycles. The molecule has 0 atom stereocenters. The Balaban J connectivity index is 2.24. The van der Waals surface area contributed by atoms with Crippen LogP contribution in [0, 0.1) is 0 Å². The fourth-order valence-electron chi connectivity index (χ4n) is 1.89. The second-order valence-corrected chi connectivity index (χ2v) is 4.72. The molecule has 0 spiro atoms. The highest BCUT2D eigenvalue weighted by molar-refractivity contribution is 5.90. The molecule has 0 aliphatic heterocycles. The highest BCUT2D eigenvalue weighted by Gasteiger charge is 2.34. The van der Waals surface area contributed by atoms with E-state index in [4.69, 9.17) is 9.84 Å². The molecular weight excluding hydrogens is 325 g/mol. The van der Waals surface area contributed by atoms with Crippen molar-refractivity contribution in [2.45, 2.75) is 6.18 Å². The normalized spacial score (nSPS) is 11.0. The Morgan fingerprint density at radius 1 is 1.08 bits per heavy atom. The number of carbonyl (C=O) groups is 1. The number of ether oxygens (including phenoxy) is 1. The van der Waals surface area contributed by atoms with Gasteiger partial charge in [-0.05, 0) is 30.3 Å². The zero-order valence-electron chi connectivity index (χ0n) is 12.4. The molecule has 0 unspecified atom stereocenters. The van der Waals surface area contributed by atoms with Gasteiger partial charge in [-0.1, -0.05) is 18.2 Å². The maximum absolute atomic E-state index is 13.2. The Labute approximate surface area is 136 Å². The van der Waals surface area contributed by atoms with E-state index in [-0.39, 0.29) is 18.9 Å². The lowest BCUT2D eigenvalue weighted by atomic mass is 10.1. The smallest absolute Gasteiger partial charge is 0.418 e. The minimum Gasteiger partial charge on any atom is -0.457 e. The van der Waals surface area contributed by atoms with E-state index in [1.807, 2.05) is 0 Å². The van der Waals surface area contributed by atoms with Gasteiger partial charge in [-0.15, -0.1) is 0 Å². The number of amides is 2. The summed E-state index contributed by atoms with van der Waals surface area (Å²) < 4.78 is 45.0. The highest BCUT2D eigenvalue weighted by atomic mass is 19.4. The molecule has 0 aliphatic rings. The quantitative estimate of drug-likeness (QED) is 0.779. The van der Waals surface area contributed by atoms with Gasteiger partial charge in [0.1, 0.15) is 11.5 Å². The number of anilines is 1. The fourth-order valence-corrected chi connectivity index (χ4v) is 1.89. The number of aliphatic hydroxyl groups excluding tert-OH is 1. The van der Waals surface area contributed by atoms with Crippen molar-refractivity contribution in [3.8, 4) is 11.5 Å². The monoisotopic (exact) mass is 340 g/mol. The number of nitrogens with one attached hydrogen (secondary N) is 2.